The third kappa shape index (κ3) is 3.80. The minimum atomic E-state index is 0.748. The van der Waals surface area contributed by atoms with E-state index in [2.05, 4.69) is 64.8 Å². The van der Waals surface area contributed by atoms with Gasteiger partial charge in [-0.25, -0.2) is 0 Å². The molecule has 4 aromatic rings. The number of benzene rings is 2. The standard InChI is InChI=1S/C27H27N3OS/c1-2-7-26(32-22-4-3-5-22)23(6-1)24-18-31-25-16-20(17-29-27(24)25)19-8-10-21(11-9-19)30-14-12-28-13-15-30/h1-2,6-11,16-18,22,28H,3-5,12-15H2. The van der Waals surface area contributed by atoms with Crippen LogP contribution in [0.1, 0.15) is 19.3 Å². The van der Waals surface area contributed by atoms with E-state index in [0.717, 1.165) is 59.2 Å². The second kappa shape index (κ2) is 8.64. The molecule has 2 fully saturated rings. The first-order chi connectivity index (χ1) is 15.8. The molecule has 6 rings (SSSR count). The van der Waals surface area contributed by atoms with Crippen LogP contribution in [0.2, 0.25) is 0 Å². The molecule has 32 heavy (non-hydrogen) atoms. The predicted octanol–water partition coefficient (Wildman–Crippen LogP) is 6.22. The molecule has 2 aliphatic rings. The van der Waals surface area contributed by atoms with Crippen LogP contribution >= 0.6 is 11.8 Å². The maximum absolute atomic E-state index is 6.00. The molecule has 2 aromatic carbocycles. The quantitative estimate of drug-likeness (QED) is 0.398. The molecule has 0 bridgehead atoms. The fourth-order valence-electron chi connectivity index (χ4n) is 4.51. The van der Waals surface area contributed by atoms with E-state index in [-0.39, 0.29) is 0 Å². The molecule has 5 heteroatoms. The van der Waals surface area contributed by atoms with Crippen LogP contribution in [0.25, 0.3) is 33.4 Å². The van der Waals surface area contributed by atoms with Gasteiger partial charge in [0.25, 0.3) is 0 Å². The first kappa shape index (κ1) is 19.9. The number of piperazine rings is 1. The highest BCUT2D eigenvalue weighted by Crippen LogP contribution is 2.42. The summed E-state index contributed by atoms with van der Waals surface area (Å²) >= 11 is 2.00. The average Bonchev–Trinajstić information content (AvgIpc) is 3.25. The highest BCUT2D eigenvalue weighted by atomic mass is 32.2. The van der Waals surface area contributed by atoms with Crippen molar-refractivity contribution in [1.82, 2.24) is 10.3 Å². The van der Waals surface area contributed by atoms with E-state index in [9.17, 15) is 0 Å². The Morgan fingerprint density at radius 3 is 2.53 bits per heavy atom. The van der Waals surface area contributed by atoms with Crippen molar-refractivity contribution < 1.29 is 4.42 Å². The van der Waals surface area contributed by atoms with E-state index in [0.29, 0.717) is 0 Å². The van der Waals surface area contributed by atoms with Gasteiger partial charge >= 0.3 is 0 Å². The highest BCUT2D eigenvalue weighted by molar-refractivity contribution is 8.00. The zero-order valence-corrected chi connectivity index (χ0v) is 18.9. The van der Waals surface area contributed by atoms with Crippen LogP contribution < -0.4 is 10.2 Å². The third-order valence-electron chi connectivity index (χ3n) is 6.62. The molecule has 1 saturated carbocycles. The maximum atomic E-state index is 6.00. The lowest BCUT2D eigenvalue weighted by molar-refractivity contribution is 0.522. The summed E-state index contributed by atoms with van der Waals surface area (Å²) < 4.78 is 6.00. The van der Waals surface area contributed by atoms with Crippen LogP contribution in [0.5, 0.6) is 0 Å². The number of fused-ring (bicyclic) bond motifs is 1. The molecule has 4 nitrogen and oxygen atoms in total. The number of hydrogen-bond acceptors (Lipinski definition) is 5. The number of rotatable bonds is 5. The SMILES string of the molecule is c1ccc(-c2coc3cc(-c4ccc(N5CCNCC5)cc4)cnc23)c(SC2CCC2)c1. The van der Waals surface area contributed by atoms with Crippen molar-refractivity contribution in [3.8, 4) is 22.3 Å². The Morgan fingerprint density at radius 2 is 1.75 bits per heavy atom. The van der Waals surface area contributed by atoms with E-state index in [1.54, 1.807) is 0 Å². The summed E-state index contributed by atoms with van der Waals surface area (Å²) in [5.74, 6) is 0. The Morgan fingerprint density at radius 1 is 0.938 bits per heavy atom. The zero-order valence-electron chi connectivity index (χ0n) is 18.1. The maximum Gasteiger partial charge on any atom is 0.153 e. The second-order valence-corrected chi connectivity index (χ2v) is 10.0. The van der Waals surface area contributed by atoms with Crippen LogP contribution in [0.15, 0.2) is 76.4 Å². The van der Waals surface area contributed by atoms with Gasteiger partial charge in [0.05, 0.1) is 0 Å². The molecule has 2 aromatic heterocycles. The molecule has 0 spiro atoms. The minimum absolute atomic E-state index is 0.748. The Balaban J connectivity index is 1.29. The molecule has 1 saturated heterocycles. The van der Waals surface area contributed by atoms with Crippen LogP contribution in [0.4, 0.5) is 5.69 Å². The van der Waals surface area contributed by atoms with Gasteiger partial charge in [0.2, 0.25) is 0 Å². The van der Waals surface area contributed by atoms with E-state index < -0.39 is 0 Å². The molecule has 1 aliphatic carbocycles. The Bertz CT molecular complexity index is 1220. The third-order valence-corrected chi connectivity index (χ3v) is 8.03. The van der Waals surface area contributed by atoms with E-state index >= 15 is 0 Å². The second-order valence-electron chi connectivity index (χ2n) is 8.67. The number of aromatic nitrogens is 1. The smallest absolute Gasteiger partial charge is 0.153 e. The normalized spacial score (nSPS) is 16.9. The van der Waals surface area contributed by atoms with Crippen molar-refractivity contribution in [2.24, 2.45) is 0 Å². The molecule has 162 valence electrons. The van der Waals surface area contributed by atoms with Gasteiger partial charge in [0, 0.05) is 64.9 Å². The van der Waals surface area contributed by atoms with Crippen LogP contribution in [-0.2, 0) is 0 Å². The first-order valence-corrected chi connectivity index (χ1v) is 12.4. The van der Waals surface area contributed by atoms with Crippen molar-refractivity contribution in [1.29, 1.82) is 0 Å². The summed E-state index contributed by atoms with van der Waals surface area (Å²) in [5.41, 5.74) is 7.62. The monoisotopic (exact) mass is 441 g/mol. The van der Waals surface area contributed by atoms with Gasteiger partial charge < -0.3 is 14.6 Å². The van der Waals surface area contributed by atoms with E-state index in [1.807, 2.05) is 24.2 Å². The van der Waals surface area contributed by atoms with Crippen molar-refractivity contribution in [2.75, 3.05) is 31.1 Å². The number of thioether (sulfide) groups is 1. The molecule has 3 heterocycles. The number of anilines is 1. The van der Waals surface area contributed by atoms with Crippen molar-refractivity contribution in [3.05, 3.63) is 67.1 Å². The summed E-state index contributed by atoms with van der Waals surface area (Å²) in [6.45, 7) is 4.21. The predicted molar refractivity (Wildman–Crippen MR) is 133 cm³/mol. The van der Waals surface area contributed by atoms with Gasteiger partial charge in [-0.15, -0.1) is 11.8 Å². The summed E-state index contributed by atoms with van der Waals surface area (Å²) in [6.07, 6.45) is 7.84. The molecule has 1 N–H and O–H groups in total. The molecule has 0 amide bonds. The number of hydrogen-bond donors (Lipinski definition) is 1. The summed E-state index contributed by atoms with van der Waals surface area (Å²) in [7, 11) is 0. The fourth-order valence-corrected chi connectivity index (χ4v) is 5.90. The van der Waals surface area contributed by atoms with Crippen molar-refractivity contribution in [3.63, 3.8) is 0 Å². The van der Waals surface area contributed by atoms with Crippen molar-refractivity contribution in [2.45, 2.75) is 29.4 Å². The average molecular weight is 442 g/mol. The largest absolute Gasteiger partial charge is 0.462 e. The number of nitrogens with zero attached hydrogens (tertiary/aromatic N) is 2. The van der Waals surface area contributed by atoms with Crippen molar-refractivity contribution >= 4 is 28.5 Å². The lowest BCUT2D eigenvalue weighted by atomic mass is 10.00. The number of nitrogens with one attached hydrogen (secondary N) is 1. The van der Waals surface area contributed by atoms with E-state index in [1.165, 1.54) is 35.4 Å². The lowest BCUT2D eigenvalue weighted by Crippen LogP contribution is -2.43. The van der Waals surface area contributed by atoms with Crippen LogP contribution in [0.3, 0.4) is 0 Å². The lowest BCUT2D eigenvalue weighted by Gasteiger charge is -2.29. The van der Waals surface area contributed by atoms with Gasteiger partial charge in [-0.05, 0) is 42.7 Å². The minimum Gasteiger partial charge on any atom is -0.462 e. The van der Waals surface area contributed by atoms with E-state index in [4.69, 9.17) is 9.40 Å². The topological polar surface area (TPSA) is 41.3 Å². The Kier molecular flexibility index (Phi) is 5.37. The van der Waals surface area contributed by atoms with Gasteiger partial charge in [0.15, 0.2) is 5.58 Å². The molecule has 0 atom stereocenters. The number of furan rings is 1. The number of pyridine rings is 1. The molecular formula is C27H27N3OS. The Labute approximate surface area is 193 Å². The van der Waals surface area contributed by atoms with Gasteiger partial charge in [-0.1, -0.05) is 36.8 Å². The van der Waals surface area contributed by atoms with Crippen LogP contribution in [0, 0.1) is 0 Å². The molecule has 0 radical (unpaired) electrons. The molecule has 1 aliphatic heterocycles. The molecular weight excluding hydrogens is 414 g/mol. The zero-order chi connectivity index (χ0) is 21.3. The van der Waals surface area contributed by atoms with Crippen LogP contribution in [-0.4, -0.2) is 36.4 Å². The fraction of sp³-hybridized carbons (Fsp3) is 0.296. The summed E-state index contributed by atoms with van der Waals surface area (Å²) in [6, 6.07) is 19.6. The highest BCUT2D eigenvalue weighted by Gasteiger charge is 2.21. The van der Waals surface area contributed by atoms with Gasteiger partial charge in [-0.2, -0.15) is 0 Å². The molecule has 0 unspecified atom stereocenters. The first-order valence-electron chi connectivity index (χ1n) is 11.5. The summed E-state index contributed by atoms with van der Waals surface area (Å²) in [5, 5.41) is 4.16. The van der Waals surface area contributed by atoms with Gasteiger partial charge in [-0.3, -0.25) is 4.98 Å². The summed E-state index contributed by atoms with van der Waals surface area (Å²) in [4.78, 5) is 8.60. The Hall–Kier alpha value is -2.76. The van der Waals surface area contributed by atoms with Gasteiger partial charge in [0.1, 0.15) is 11.8 Å².